The van der Waals surface area contributed by atoms with E-state index >= 15 is 0 Å². The van der Waals surface area contributed by atoms with Crippen molar-refractivity contribution in [1.82, 2.24) is 4.90 Å². The fourth-order valence-corrected chi connectivity index (χ4v) is 2.63. The van der Waals surface area contributed by atoms with Crippen LogP contribution in [0.25, 0.3) is 0 Å². The molecule has 23 heavy (non-hydrogen) atoms. The minimum Gasteiger partial charge on any atom is -0.282 e. The van der Waals surface area contributed by atoms with Gasteiger partial charge >= 0.3 is 5.79 Å². The van der Waals surface area contributed by atoms with Gasteiger partial charge in [-0.25, -0.2) is 8.78 Å². The van der Waals surface area contributed by atoms with Crippen LogP contribution in [0.3, 0.4) is 0 Å². The summed E-state index contributed by atoms with van der Waals surface area (Å²) in [6.07, 6.45) is -1.57. The molecule has 0 bridgehead atoms. The molecule has 0 amide bonds. The van der Waals surface area contributed by atoms with Crippen LogP contribution >= 0.6 is 0 Å². The van der Waals surface area contributed by atoms with E-state index in [0.717, 1.165) is 0 Å². The Balaban J connectivity index is 3.50. The number of nitrogens with zero attached hydrogens (tertiary/aromatic N) is 3. The molecule has 0 aromatic rings. The van der Waals surface area contributed by atoms with Gasteiger partial charge < -0.3 is 0 Å². The number of hydrogen-bond acceptors (Lipinski definition) is 5. The van der Waals surface area contributed by atoms with Crippen LogP contribution in [-0.4, -0.2) is 46.1 Å². The van der Waals surface area contributed by atoms with Gasteiger partial charge in [0.25, 0.3) is 12.1 Å². The first-order valence-electron chi connectivity index (χ1n) is 7.13. The SMILES string of the molecule is CCCN(CCC)C1C([N+](=O)[O-])=CC(C(F)F)=CC1(F)[N+](=O)[O-]. The third-order valence-corrected chi connectivity index (χ3v) is 3.48. The maximum atomic E-state index is 15.0. The van der Waals surface area contributed by atoms with Gasteiger partial charge in [0.2, 0.25) is 6.04 Å². The van der Waals surface area contributed by atoms with Gasteiger partial charge in [-0.3, -0.25) is 25.1 Å². The number of allylic oxidation sites excluding steroid dienone is 2. The Morgan fingerprint density at radius 3 is 2.13 bits per heavy atom. The predicted molar refractivity (Wildman–Crippen MR) is 75.9 cm³/mol. The smallest absolute Gasteiger partial charge is 0.282 e. The topological polar surface area (TPSA) is 89.5 Å². The van der Waals surface area contributed by atoms with Crippen LogP contribution in [0.1, 0.15) is 26.7 Å². The fourth-order valence-electron chi connectivity index (χ4n) is 2.63. The third kappa shape index (κ3) is 3.87. The van der Waals surface area contributed by atoms with E-state index in [1.54, 1.807) is 13.8 Å². The molecule has 0 N–H and O–H groups in total. The summed E-state index contributed by atoms with van der Waals surface area (Å²) in [6.45, 7) is 3.79. The van der Waals surface area contributed by atoms with Crippen LogP contribution in [0.2, 0.25) is 0 Å². The standard InChI is InChI=1S/C13H18F3N3O4/c1-3-5-17(6-4-2)11-10(18(20)21)7-9(12(14)15)8-13(11,16)19(22)23/h7-8,11-12H,3-6H2,1-2H3. The van der Waals surface area contributed by atoms with Gasteiger partial charge in [-0.15, -0.1) is 0 Å². The average Bonchev–Trinajstić information content (AvgIpc) is 2.45. The van der Waals surface area contributed by atoms with Crippen molar-refractivity contribution in [3.05, 3.63) is 43.7 Å². The van der Waals surface area contributed by atoms with Crippen molar-refractivity contribution >= 4 is 0 Å². The maximum absolute atomic E-state index is 15.0. The normalized spacial score (nSPS) is 24.6. The first-order valence-corrected chi connectivity index (χ1v) is 7.13. The Bertz CT molecular complexity index is 533. The average molecular weight is 337 g/mol. The fraction of sp³-hybridized carbons (Fsp3) is 0.692. The predicted octanol–water partition coefficient (Wildman–Crippen LogP) is 2.79. The molecule has 1 aliphatic carbocycles. The van der Waals surface area contributed by atoms with Crippen molar-refractivity contribution in [3.63, 3.8) is 0 Å². The molecule has 0 aromatic carbocycles. The Labute approximate surface area is 130 Å². The first kappa shape index (κ1) is 19.1. The molecule has 0 saturated heterocycles. The Hall–Kier alpha value is -1.97. The number of hydrogen-bond donors (Lipinski definition) is 0. The minimum absolute atomic E-state index is 0.168. The summed E-state index contributed by atoms with van der Waals surface area (Å²) in [5.74, 6) is -3.48. The third-order valence-electron chi connectivity index (χ3n) is 3.48. The van der Waals surface area contributed by atoms with Gasteiger partial charge in [-0.1, -0.05) is 13.8 Å². The second kappa shape index (κ2) is 7.53. The molecule has 0 radical (unpaired) electrons. The van der Waals surface area contributed by atoms with E-state index in [1.165, 1.54) is 4.90 Å². The Kier molecular flexibility index (Phi) is 6.25. The summed E-state index contributed by atoms with van der Waals surface area (Å²) in [5.41, 5.74) is -1.98. The highest BCUT2D eigenvalue weighted by Crippen LogP contribution is 2.37. The highest BCUT2D eigenvalue weighted by atomic mass is 19.3. The van der Waals surface area contributed by atoms with Crippen molar-refractivity contribution in [1.29, 1.82) is 0 Å². The molecule has 10 heteroatoms. The number of nitro groups is 2. The van der Waals surface area contributed by atoms with Gasteiger partial charge in [0.05, 0.1) is 9.85 Å². The van der Waals surface area contributed by atoms with Crippen molar-refractivity contribution < 1.29 is 23.0 Å². The molecule has 0 fully saturated rings. The largest absolute Gasteiger partial charge is 0.404 e. The van der Waals surface area contributed by atoms with Crippen LogP contribution < -0.4 is 0 Å². The van der Waals surface area contributed by atoms with Gasteiger partial charge in [0, 0.05) is 17.7 Å². The van der Waals surface area contributed by atoms with E-state index < -0.39 is 39.4 Å². The molecule has 0 aromatic heterocycles. The molecule has 1 rings (SSSR count). The zero-order valence-electron chi connectivity index (χ0n) is 12.7. The van der Waals surface area contributed by atoms with Crippen molar-refractivity contribution in [2.45, 2.75) is 44.9 Å². The highest BCUT2D eigenvalue weighted by Gasteiger charge is 2.60. The zero-order chi connectivity index (χ0) is 17.8. The molecule has 0 aliphatic heterocycles. The summed E-state index contributed by atoms with van der Waals surface area (Å²) in [5, 5.41) is 22.4. The van der Waals surface area contributed by atoms with E-state index in [4.69, 9.17) is 0 Å². The molecule has 0 saturated carbocycles. The summed E-state index contributed by atoms with van der Waals surface area (Å²) in [4.78, 5) is 21.3. The second-order valence-electron chi connectivity index (χ2n) is 5.19. The molecule has 0 spiro atoms. The van der Waals surface area contributed by atoms with Gasteiger partial charge in [-0.2, -0.15) is 4.39 Å². The van der Waals surface area contributed by atoms with E-state index in [-0.39, 0.29) is 19.2 Å². The van der Waals surface area contributed by atoms with Crippen molar-refractivity contribution in [2.75, 3.05) is 13.1 Å². The highest BCUT2D eigenvalue weighted by molar-refractivity contribution is 5.35. The lowest BCUT2D eigenvalue weighted by atomic mass is 9.91. The molecule has 1 aliphatic rings. The molecular weight excluding hydrogens is 319 g/mol. The van der Waals surface area contributed by atoms with Crippen LogP contribution in [0.15, 0.2) is 23.4 Å². The van der Waals surface area contributed by atoms with E-state index in [9.17, 15) is 33.4 Å². The molecule has 2 atom stereocenters. The van der Waals surface area contributed by atoms with E-state index in [1.807, 2.05) is 0 Å². The number of halogens is 3. The van der Waals surface area contributed by atoms with Crippen LogP contribution in [-0.2, 0) is 0 Å². The number of rotatable bonds is 8. The minimum atomic E-state index is -3.48. The monoisotopic (exact) mass is 337 g/mol. The van der Waals surface area contributed by atoms with Crippen LogP contribution in [0, 0.1) is 20.2 Å². The Morgan fingerprint density at radius 2 is 1.78 bits per heavy atom. The molecule has 0 heterocycles. The maximum Gasteiger partial charge on any atom is 0.404 e. The second-order valence-corrected chi connectivity index (χ2v) is 5.19. The molecular formula is C13H18F3N3O4. The van der Waals surface area contributed by atoms with Gasteiger partial charge in [0.1, 0.15) is 0 Å². The zero-order valence-corrected chi connectivity index (χ0v) is 12.7. The molecule has 2 unspecified atom stereocenters. The molecule has 130 valence electrons. The van der Waals surface area contributed by atoms with E-state index in [2.05, 4.69) is 0 Å². The lowest BCUT2D eigenvalue weighted by molar-refractivity contribution is -0.604. The molecule has 7 nitrogen and oxygen atoms in total. The summed E-state index contributed by atoms with van der Waals surface area (Å²) >= 11 is 0. The Morgan fingerprint density at radius 1 is 1.26 bits per heavy atom. The summed E-state index contributed by atoms with van der Waals surface area (Å²) in [7, 11) is 0. The van der Waals surface area contributed by atoms with Crippen LogP contribution in [0.5, 0.6) is 0 Å². The van der Waals surface area contributed by atoms with Gasteiger partial charge in [-0.05, 0) is 25.9 Å². The first-order chi connectivity index (χ1) is 10.7. The quantitative estimate of drug-likeness (QED) is 0.386. The van der Waals surface area contributed by atoms with Gasteiger partial charge in [0.15, 0.2) is 0 Å². The van der Waals surface area contributed by atoms with E-state index in [0.29, 0.717) is 18.9 Å². The summed E-state index contributed by atoms with van der Waals surface area (Å²) < 4.78 is 40.7. The summed E-state index contributed by atoms with van der Waals surface area (Å²) in [6, 6.07) is -1.85. The number of alkyl halides is 3. The lowest BCUT2D eigenvalue weighted by Gasteiger charge is -2.34. The van der Waals surface area contributed by atoms with Crippen LogP contribution in [0.4, 0.5) is 13.2 Å². The van der Waals surface area contributed by atoms with Crippen molar-refractivity contribution in [3.8, 4) is 0 Å². The lowest BCUT2D eigenvalue weighted by Crippen LogP contribution is -2.57. The van der Waals surface area contributed by atoms with Crippen molar-refractivity contribution in [2.24, 2.45) is 0 Å².